The van der Waals surface area contributed by atoms with Crippen LogP contribution >= 0.6 is 23.1 Å². The average Bonchev–Trinajstić information content (AvgIpc) is 3.10. The van der Waals surface area contributed by atoms with Crippen molar-refractivity contribution in [1.82, 2.24) is 9.88 Å². The van der Waals surface area contributed by atoms with Crippen molar-refractivity contribution < 1.29 is 14.3 Å². The highest BCUT2D eigenvalue weighted by Crippen LogP contribution is 2.33. The standard InChI is InChI=1S/C19H24N2O3S2/c1-13-11-25-19(20-13)26-12-14-7-9-21(10-8-14)18(22)15-5-4-6-16(23-2)17(15)24-3/h4-6,11,14H,7-10,12H2,1-3H3. The van der Waals surface area contributed by atoms with E-state index in [9.17, 15) is 4.79 Å². The van der Waals surface area contributed by atoms with E-state index in [0.29, 0.717) is 23.0 Å². The van der Waals surface area contributed by atoms with Crippen molar-refractivity contribution in [2.24, 2.45) is 5.92 Å². The molecule has 0 aliphatic carbocycles. The number of amides is 1. The van der Waals surface area contributed by atoms with Gasteiger partial charge in [-0.2, -0.15) is 0 Å². The summed E-state index contributed by atoms with van der Waals surface area (Å²) in [5.74, 6) is 2.81. The Bertz CT molecular complexity index is 755. The molecule has 0 atom stereocenters. The van der Waals surface area contributed by atoms with Crippen LogP contribution in [0.5, 0.6) is 11.5 Å². The number of aromatic nitrogens is 1. The number of carbonyl (C=O) groups excluding carboxylic acids is 1. The molecule has 3 rings (SSSR count). The summed E-state index contributed by atoms with van der Waals surface area (Å²) in [6, 6.07) is 5.43. The van der Waals surface area contributed by atoms with Gasteiger partial charge in [0.25, 0.3) is 5.91 Å². The van der Waals surface area contributed by atoms with Crippen LogP contribution in [0, 0.1) is 12.8 Å². The van der Waals surface area contributed by atoms with Crippen LogP contribution in [0.1, 0.15) is 28.9 Å². The maximum atomic E-state index is 12.9. The van der Waals surface area contributed by atoms with Gasteiger partial charge in [0.05, 0.1) is 19.8 Å². The normalized spacial score (nSPS) is 15.1. The highest BCUT2D eigenvalue weighted by atomic mass is 32.2. The second kappa shape index (κ2) is 8.77. The number of methoxy groups -OCH3 is 2. The molecule has 1 amide bonds. The number of hydrogen-bond donors (Lipinski definition) is 0. The Balaban J connectivity index is 1.57. The van der Waals surface area contributed by atoms with Crippen LogP contribution in [-0.2, 0) is 0 Å². The molecule has 7 heteroatoms. The predicted octanol–water partition coefficient (Wildman–Crippen LogP) is 4.11. The maximum Gasteiger partial charge on any atom is 0.257 e. The summed E-state index contributed by atoms with van der Waals surface area (Å²) < 4.78 is 11.9. The van der Waals surface area contributed by atoms with Crippen molar-refractivity contribution in [3.05, 3.63) is 34.8 Å². The molecular formula is C19H24N2O3S2. The van der Waals surface area contributed by atoms with Crippen molar-refractivity contribution in [1.29, 1.82) is 0 Å². The molecule has 1 fully saturated rings. The minimum absolute atomic E-state index is 0.0161. The van der Waals surface area contributed by atoms with Crippen LogP contribution in [0.15, 0.2) is 27.9 Å². The fraction of sp³-hybridized carbons (Fsp3) is 0.474. The van der Waals surface area contributed by atoms with E-state index in [4.69, 9.17) is 9.47 Å². The first-order valence-corrected chi connectivity index (χ1v) is 10.5. The monoisotopic (exact) mass is 392 g/mol. The predicted molar refractivity (Wildman–Crippen MR) is 106 cm³/mol. The first-order valence-electron chi connectivity index (χ1n) is 8.67. The molecule has 0 radical (unpaired) electrons. The largest absolute Gasteiger partial charge is 0.493 e. The molecule has 0 N–H and O–H groups in total. The molecule has 1 aromatic carbocycles. The molecule has 1 saturated heterocycles. The van der Waals surface area contributed by atoms with E-state index in [2.05, 4.69) is 10.4 Å². The Hall–Kier alpha value is -1.73. The molecule has 1 aliphatic rings. The Morgan fingerprint density at radius 1 is 1.31 bits per heavy atom. The smallest absolute Gasteiger partial charge is 0.257 e. The fourth-order valence-corrected chi connectivity index (χ4v) is 5.18. The SMILES string of the molecule is COc1cccc(C(=O)N2CCC(CSc3nc(C)cs3)CC2)c1OC. The molecule has 2 heterocycles. The van der Waals surface area contributed by atoms with Gasteiger partial charge in [-0.25, -0.2) is 4.98 Å². The Morgan fingerprint density at radius 3 is 2.69 bits per heavy atom. The van der Waals surface area contributed by atoms with Gasteiger partial charge in [-0.3, -0.25) is 4.79 Å². The Morgan fingerprint density at radius 2 is 2.08 bits per heavy atom. The molecule has 2 aromatic rings. The third-order valence-electron chi connectivity index (χ3n) is 4.58. The average molecular weight is 393 g/mol. The molecule has 0 spiro atoms. The number of piperidine rings is 1. The summed E-state index contributed by atoms with van der Waals surface area (Å²) in [5.41, 5.74) is 1.66. The molecule has 0 bridgehead atoms. The van der Waals surface area contributed by atoms with Crippen molar-refractivity contribution in [3.8, 4) is 11.5 Å². The van der Waals surface area contributed by atoms with Gasteiger partial charge in [0, 0.05) is 29.9 Å². The molecule has 1 aliphatic heterocycles. The van der Waals surface area contributed by atoms with E-state index in [-0.39, 0.29) is 5.91 Å². The lowest BCUT2D eigenvalue weighted by molar-refractivity contribution is 0.0694. The molecule has 140 valence electrons. The maximum absolute atomic E-state index is 12.9. The molecule has 5 nitrogen and oxygen atoms in total. The zero-order valence-electron chi connectivity index (χ0n) is 15.4. The minimum atomic E-state index is 0.0161. The Labute approximate surface area is 162 Å². The lowest BCUT2D eigenvalue weighted by atomic mass is 9.98. The van der Waals surface area contributed by atoms with Crippen LogP contribution in [-0.4, -0.2) is 48.9 Å². The van der Waals surface area contributed by atoms with E-state index in [1.165, 1.54) is 0 Å². The summed E-state index contributed by atoms with van der Waals surface area (Å²) >= 11 is 3.54. The number of rotatable bonds is 6. The van der Waals surface area contributed by atoms with Crippen molar-refractivity contribution in [2.75, 3.05) is 33.1 Å². The van der Waals surface area contributed by atoms with Crippen molar-refractivity contribution in [2.45, 2.75) is 24.1 Å². The third kappa shape index (κ3) is 4.32. The number of hydrogen-bond acceptors (Lipinski definition) is 6. The van der Waals surface area contributed by atoms with Crippen LogP contribution < -0.4 is 9.47 Å². The highest BCUT2D eigenvalue weighted by Gasteiger charge is 2.26. The molecular weight excluding hydrogens is 368 g/mol. The quantitative estimate of drug-likeness (QED) is 0.693. The van der Waals surface area contributed by atoms with Crippen molar-refractivity contribution in [3.63, 3.8) is 0 Å². The topological polar surface area (TPSA) is 51.7 Å². The van der Waals surface area contributed by atoms with Gasteiger partial charge in [0.15, 0.2) is 11.5 Å². The molecule has 0 saturated carbocycles. The fourth-order valence-electron chi connectivity index (χ4n) is 3.12. The summed E-state index contributed by atoms with van der Waals surface area (Å²) in [6.45, 7) is 3.58. The van der Waals surface area contributed by atoms with Gasteiger partial charge < -0.3 is 14.4 Å². The molecule has 26 heavy (non-hydrogen) atoms. The zero-order chi connectivity index (χ0) is 18.5. The van der Waals surface area contributed by atoms with Crippen LogP contribution in [0.4, 0.5) is 0 Å². The first kappa shape index (κ1) is 19.0. The third-order valence-corrected chi connectivity index (χ3v) is 6.95. The number of thiazole rings is 1. The minimum Gasteiger partial charge on any atom is -0.493 e. The van der Waals surface area contributed by atoms with Crippen LogP contribution in [0.2, 0.25) is 0 Å². The summed E-state index contributed by atoms with van der Waals surface area (Å²) in [4.78, 5) is 19.3. The Kier molecular flexibility index (Phi) is 6.43. The highest BCUT2D eigenvalue weighted by molar-refractivity contribution is 8.01. The lowest BCUT2D eigenvalue weighted by Gasteiger charge is -2.32. The van der Waals surface area contributed by atoms with E-state index >= 15 is 0 Å². The number of aryl methyl sites for hydroxylation is 1. The van der Waals surface area contributed by atoms with Gasteiger partial charge in [-0.1, -0.05) is 17.8 Å². The van der Waals surface area contributed by atoms with Gasteiger partial charge in [0.2, 0.25) is 0 Å². The van der Waals surface area contributed by atoms with E-state index in [1.54, 1.807) is 37.7 Å². The van der Waals surface area contributed by atoms with Crippen molar-refractivity contribution >= 4 is 29.0 Å². The lowest BCUT2D eigenvalue weighted by Crippen LogP contribution is -2.39. The number of ether oxygens (including phenoxy) is 2. The first-order chi connectivity index (χ1) is 12.6. The van der Waals surface area contributed by atoms with E-state index in [1.807, 2.05) is 29.7 Å². The summed E-state index contributed by atoms with van der Waals surface area (Å²) in [6.07, 6.45) is 2.05. The number of thioether (sulfide) groups is 1. The number of likely N-dealkylation sites (tertiary alicyclic amines) is 1. The van der Waals surface area contributed by atoms with E-state index in [0.717, 1.165) is 41.7 Å². The van der Waals surface area contributed by atoms with Gasteiger partial charge >= 0.3 is 0 Å². The summed E-state index contributed by atoms with van der Waals surface area (Å²) in [7, 11) is 3.15. The number of nitrogens with zero attached hydrogens (tertiary/aromatic N) is 2. The van der Waals surface area contributed by atoms with Gasteiger partial charge in [-0.15, -0.1) is 11.3 Å². The second-order valence-electron chi connectivity index (χ2n) is 6.34. The zero-order valence-corrected chi connectivity index (χ0v) is 17.0. The molecule has 1 aromatic heterocycles. The number of para-hydroxylation sites is 1. The number of carbonyl (C=O) groups is 1. The van der Waals surface area contributed by atoms with Gasteiger partial charge in [-0.05, 0) is 37.8 Å². The summed E-state index contributed by atoms with van der Waals surface area (Å²) in [5, 5.41) is 2.09. The molecule has 0 unspecified atom stereocenters. The van der Waals surface area contributed by atoms with Gasteiger partial charge in [0.1, 0.15) is 4.34 Å². The van der Waals surface area contributed by atoms with E-state index < -0.39 is 0 Å². The second-order valence-corrected chi connectivity index (χ2v) is 8.47. The van der Waals surface area contributed by atoms with Crippen LogP contribution in [0.3, 0.4) is 0 Å². The number of benzene rings is 1. The van der Waals surface area contributed by atoms with Crippen LogP contribution in [0.25, 0.3) is 0 Å².